The smallest absolute Gasteiger partial charge is 0.166 e. The minimum Gasteiger partial charge on any atom is -0.454 e. The van der Waals surface area contributed by atoms with Crippen molar-refractivity contribution < 1.29 is 14.2 Å². The molecule has 1 aromatic carbocycles. The van der Waals surface area contributed by atoms with Crippen LogP contribution in [0.25, 0.3) is 0 Å². The third-order valence-electron chi connectivity index (χ3n) is 2.36. The molecule has 0 atom stereocenters. The molecule has 1 N–H and O–H groups in total. The predicted molar refractivity (Wildman–Crippen MR) is 69.1 cm³/mol. The Balaban J connectivity index is 2.36. The molecule has 0 radical (unpaired) electrons. The van der Waals surface area contributed by atoms with E-state index in [1.807, 2.05) is 0 Å². The van der Waals surface area contributed by atoms with E-state index in [0.29, 0.717) is 15.8 Å². The van der Waals surface area contributed by atoms with Gasteiger partial charge in [0.2, 0.25) is 0 Å². The number of hydrogen-bond donors (Lipinski definition) is 1. The summed E-state index contributed by atoms with van der Waals surface area (Å²) in [6, 6.07) is 6.19. The number of rotatable bonds is 3. The summed E-state index contributed by atoms with van der Waals surface area (Å²) in [5.41, 5.74) is 1.25. The molecule has 18 heavy (non-hydrogen) atoms. The number of halogens is 2. The first-order chi connectivity index (χ1) is 8.60. The zero-order valence-electron chi connectivity index (χ0n) is 9.65. The molecule has 0 bridgehead atoms. The van der Waals surface area contributed by atoms with E-state index < -0.39 is 5.82 Å². The first kappa shape index (κ1) is 13.0. The number of benzene rings is 1. The number of pyridine rings is 1. The van der Waals surface area contributed by atoms with Crippen molar-refractivity contribution in [3.05, 3.63) is 52.0 Å². The summed E-state index contributed by atoms with van der Waals surface area (Å²) in [7, 11) is 0. The molecule has 5 heteroatoms. The maximum atomic E-state index is 13.6. The van der Waals surface area contributed by atoms with Gasteiger partial charge < -0.3 is 9.84 Å². The van der Waals surface area contributed by atoms with Gasteiger partial charge in [-0.15, -0.1) is 0 Å². The highest BCUT2D eigenvalue weighted by molar-refractivity contribution is 9.10. The van der Waals surface area contributed by atoms with Crippen LogP contribution in [-0.2, 0) is 6.61 Å². The summed E-state index contributed by atoms with van der Waals surface area (Å²) in [4.78, 5) is 4.05. The topological polar surface area (TPSA) is 42.4 Å². The van der Waals surface area contributed by atoms with Crippen LogP contribution >= 0.6 is 15.9 Å². The largest absolute Gasteiger partial charge is 0.454 e. The lowest BCUT2D eigenvalue weighted by Crippen LogP contribution is -1.96. The maximum absolute atomic E-state index is 13.6. The van der Waals surface area contributed by atoms with Gasteiger partial charge in [0.25, 0.3) is 0 Å². The van der Waals surface area contributed by atoms with Crippen molar-refractivity contribution in [2.75, 3.05) is 0 Å². The molecule has 0 fully saturated rings. The van der Waals surface area contributed by atoms with Gasteiger partial charge in [-0.25, -0.2) is 4.39 Å². The third-order valence-corrected chi connectivity index (χ3v) is 2.86. The fourth-order valence-corrected chi connectivity index (χ4v) is 1.79. The van der Waals surface area contributed by atoms with Crippen LogP contribution in [0.4, 0.5) is 4.39 Å². The van der Waals surface area contributed by atoms with Crippen LogP contribution in [0, 0.1) is 12.7 Å². The molecule has 0 aliphatic carbocycles. The lowest BCUT2D eigenvalue weighted by Gasteiger charge is -2.11. The van der Waals surface area contributed by atoms with E-state index in [-0.39, 0.29) is 12.4 Å². The molecule has 0 saturated heterocycles. The molecular weight excluding hydrogens is 301 g/mol. The summed E-state index contributed by atoms with van der Waals surface area (Å²) >= 11 is 3.18. The predicted octanol–water partition coefficient (Wildman–Crippen LogP) is 3.58. The molecule has 0 saturated carbocycles. The Bertz CT molecular complexity index is 575. The van der Waals surface area contributed by atoms with Gasteiger partial charge in [-0.1, -0.05) is 15.9 Å². The van der Waals surface area contributed by atoms with Crippen molar-refractivity contribution in [2.24, 2.45) is 0 Å². The van der Waals surface area contributed by atoms with Gasteiger partial charge in [0.15, 0.2) is 11.6 Å². The van der Waals surface area contributed by atoms with E-state index in [2.05, 4.69) is 20.9 Å². The Morgan fingerprint density at radius 3 is 2.78 bits per heavy atom. The summed E-state index contributed by atoms with van der Waals surface area (Å²) < 4.78 is 19.7. The number of aromatic nitrogens is 1. The van der Waals surface area contributed by atoms with E-state index >= 15 is 0 Å². The molecule has 0 aliphatic heterocycles. The number of ether oxygens (including phenoxy) is 1. The second-order valence-corrected chi connectivity index (χ2v) is 4.68. The first-order valence-corrected chi connectivity index (χ1v) is 6.08. The van der Waals surface area contributed by atoms with Crippen LogP contribution in [0.3, 0.4) is 0 Å². The number of nitrogens with zero attached hydrogens (tertiary/aromatic N) is 1. The van der Waals surface area contributed by atoms with E-state index in [4.69, 9.17) is 4.74 Å². The standard InChI is InChI=1S/C13H11BrFNO2/c1-8-4-13(9(7-17)6-16-8)18-12-3-2-10(14)5-11(12)15/h2-6,17H,7H2,1H3. The van der Waals surface area contributed by atoms with Gasteiger partial charge in [-0.3, -0.25) is 4.98 Å². The Morgan fingerprint density at radius 1 is 1.33 bits per heavy atom. The monoisotopic (exact) mass is 311 g/mol. The fourth-order valence-electron chi connectivity index (χ4n) is 1.45. The van der Waals surface area contributed by atoms with Crippen molar-refractivity contribution in [1.29, 1.82) is 0 Å². The number of hydrogen-bond acceptors (Lipinski definition) is 3. The Hall–Kier alpha value is -1.46. The zero-order chi connectivity index (χ0) is 13.1. The molecule has 0 amide bonds. The van der Waals surface area contributed by atoms with Gasteiger partial charge >= 0.3 is 0 Å². The minimum atomic E-state index is -0.470. The molecule has 94 valence electrons. The van der Waals surface area contributed by atoms with Gasteiger partial charge in [0.05, 0.1) is 6.61 Å². The average molecular weight is 312 g/mol. The molecule has 3 nitrogen and oxygen atoms in total. The highest BCUT2D eigenvalue weighted by Gasteiger charge is 2.09. The van der Waals surface area contributed by atoms with Crippen molar-refractivity contribution in [3.8, 4) is 11.5 Å². The first-order valence-electron chi connectivity index (χ1n) is 5.29. The lowest BCUT2D eigenvalue weighted by atomic mass is 10.2. The van der Waals surface area contributed by atoms with Crippen LogP contribution in [0.2, 0.25) is 0 Å². The van der Waals surface area contributed by atoms with Crippen molar-refractivity contribution in [2.45, 2.75) is 13.5 Å². The molecule has 0 unspecified atom stereocenters. The molecular formula is C13H11BrFNO2. The Labute approximate surface area is 112 Å². The van der Waals surface area contributed by atoms with Gasteiger partial charge in [0.1, 0.15) is 5.75 Å². The lowest BCUT2D eigenvalue weighted by molar-refractivity contribution is 0.275. The van der Waals surface area contributed by atoms with E-state index in [1.165, 1.54) is 18.3 Å². The maximum Gasteiger partial charge on any atom is 0.166 e. The molecule has 0 aliphatic rings. The molecule has 1 heterocycles. The fraction of sp³-hybridized carbons (Fsp3) is 0.154. The molecule has 1 aromatic heterocycles. The van der Waals surface area contributed by atoms with E-state index in [9.17, 15) is 9.50 Å². The van der Waals surface area contributed by atoms with Crippen LogP contribution in [0.1, 0.15) is 11.3 Å². The second kappa shape index (κ2) is 5.46. The normalized spacial score (nSPS) is 10.4. The SMILES string of the molecule is Cc1cc(Oc2ccc(Br)cc2F)c(CO)cn1. The van der Waals surface area contributed by atoms with Gasteiger partial charge in [0, 0.05) is 28.0 Å². The summed E-state index contributed by atoms with van der Waals surface area (Å²) in [6.07, 6.45) is 1.52. The van der Waals surface area contributed by atoms with Gasteiger partial charge in [-0.05, 0) is 25.1 Å². The summed E-state index contributed by atoms with van der Waals surface area (Å²) in [6.45, 7) is 1.59. The van der Waals surface area contributed by atoms with Crippen LogP contribution in [0.15, 0.2) is 34.9 Å². The molecule has 0 spiro atoms. The van der Waals surface area contributed by atoms with Crippen molar-refractivity contribution in [3.63, 3.8) is 0 Å². The van der Waals surface area contributed by atoms with E-state index in [0.717, 1.165) is 5.69 Å². The Morgan fingerprint density at radius 2 is 2.11 bits per heavy atom. The van der Waals surface area contributed by atoms with Crippen molar-refractivity contribution in [1.82, 2.24) is 4.98 Å². The van der Waals surface area contributed by atoms with Crippen LogP contribution in [0.5, 0.6) is 11.5 Å². The van der Waals surface area contributed by atoms with Crippen LogP contribution < -0.4 is 4.74 Å². The van der Waals surface area contributed by atoms with E-state index in [1.54, 1.807) is 19.1 Å². The molecule has 2 rings (SSSR count). The van der Waals surface area contributed by atoms with Crippen molar-refractivity contribution >= 4 is 15.9 Å². The number of aliphatic hydroxyl groups is 1. The summed E-state index contributed by atoms with van der Waals surface area (Å²) in [5.74, 6) is 0.0486. The Kier molecular flexibility index (Phi) is 3.93. The highest BCUT2D eigenvalue weighted by Crippen LogP contribution is 2.29. The highest BCUT2D eigenvalue weighted by atomic mass is 79.9. The second-order valence-electron chi connectivity index (χ2n) is 3.77. The minimum absolute atomic E-state index is 0.110. The third kappa shape index (κ3) is 2.86. The quantitative estimate of drug-likeness (QED) is 0.942. The number of aryl methyl sites for hydroxylation is 1. The van der Waals surface area contributed by atoms with Crippen LogP contribution in [-0.4, -0.2) is 10.1 Å². The number of aliphatic hydroxyl groups excluding tert-OH is 1. The zero-order valence-corrected chi connectivity index (χ0v) is 11.2. The van der Waals surface area contributed by atoms with Gasteiger partial charge in [-0.2, -0.15) is 0 Å². The summed E-state index contributed by atoms with van der Waals surface area (Å²) in [5, 5.41) is 9.18. The molecule has 2 aromatic rings. The average Bonchev–Trinajstić information content (AvgIpc) is 2.33.